The number of rotatable bonds is 4. The van der Waals surface area contributed by atoms with Gasteiger partial charge in [-0.3, -0.25) is 4.79 Å². The number of fused-ring (bicyclic) bond motifs is 1. The van der Waals surface area contributed by atoms with Crippen molar-refractivity contribution in [1.82, 2.24) is 19.9 Å². The van der Waals surface area contributed by atoms with E-state index in [4.69, 9.17) is 4.52 Å². The van der Waals surface area contributed by atoms with Crippen molar-refractivity contribution in [2.75, 3.05) is 41.3 Å². The first kappa shape index (κ1) is 14.0. The van der Waals surface area contributed by atoms with Crippen molar-refractivity contribution < 1.29 is 9.32 Å². The van der Waals surface area contributed by atoms with Gasteiger partial charge in [0.25, 0.3) is 0 Å². The number of carbonyl (C=O) groups excluding carboxylic acids is 1. The first-order valence-electron chi connectivity index (χ1n) is 6.51. The van der Waals surface area contributed by atoms with Crippen molar-refractivity contribution in [3.8, 4) is 0 Å². The van der Waals surface area contributed by atoms with Gasteiger partial charge in [0.15, 0.2) is 0 Å². The molecule has 0 fully saturated rings. The molecule has 6 nitrogen and oxygen atoms in total. The quantitative estimate of drug-likeness (QED) is 0.778. The fourth-order valence-electron chi connectivity index (χ4n) is 2.27. The Labute approximate surface area is 113 Å². The van der Waals surface area contributed by atoms with Crippen LogP contribution in [0.5, 0.6) is 0 Å². The van der Waals surface area contributed by atoms with Crippen LogP contribution in [0.3, 0.4) is 0 Å². The van der Waals surface area contributed by atoms with Gasteiger partial charge in [0.2, 0.25) is 5.91 Å². The molecular weight excluding hydrogens is 244 g/mol. The Bertz CT molecular complexity index is 453. The van der Waals surface area contributed by atoms with E-state index in [0.29, 0.717) is 13.1 Å². The molecule has 0 N–H and O–H groups in total. The van der Waals surface area contributed by atoms with E-state index in [1.165, 1.54) is 0 Å². The summed E-state index contributed by atoms with van der Waals surface area (Å²) < 4.78 is 5.37. The molecule has 0 saturated carbocycles. The summed E-state index contributed by atoms with van der Waals surface area (Å²) in [6.07, 6.45) is 0.759. The van der Waals surface area contributed by atoms with E-state index in [1.54, 1.807) is 0 Å². The Kier molecular flexibility index (Phi) is 4.21. The van der Waals surface area contributed by atoms with Crippen molar-refractivity contribution in [1.29, 1.82) is 0 Å². The summed E-state index contributed by atoms with van der Waals surface area (Å²) in [7, 11) is 7.81. The number of hydrogen-bond acceptors (Lipinski definition) is 5. The highest BCUT2D eigenvalue weighted by atomic mass is 16.5. The zero-order valence-electron chi connectivity index (χ0n) is 12.1. The minimum Gasteiger partial charge on any atom is -0.361 e. The van der Waals surface area contributed by atoms with Gasteiger partial charge in [0.1, 0.15) is 11.5 Å². The summed E-state index contributed by atoms with van der Waals surface area (Å²) in [4.78, 5) is 17.9. The second-order valence-corrected chi connectivity index (χ2v) is 5.57. The Morgan fingerprint density at radius 3 is 2.68 bits per heavy atom. The number of aromatic nitrogens is 1. The van der Waals surface area contributed by atoms with Crippen molar-refractivity contribution in [3.05, 3.63) is 17.0 Å². The van der Waals surface area contributed by atoms with Gasteiger partial charge in [-0.2, -0.15) is 0 Å². The molecule has 0 atom stereocenters. The zero-order chi connectivity index (χ0) is 14.0. The lowest BCUT2D eigenvalue weighted by Crippen LogP contribution is -2.40. The maximum absolute atomic E-state index is 12.1. The van der Waals surface area contributed by atoms with E-state index in [9.17, 15) is 4.79 Å². The fourth-order valence-corrected chi connectivity index (χ4v) is 2.27. The second kappa shape index (κ2) is 5.71. The van der Waals surface area contributed by atoms with Crippen LogP contribution in [0.2, 0.25) is 0 Å². The Balaban J connectivity index is 2.09. The van der Waals surface area contributed by atoms with Crippen LogP contribution in [0.25, 0.3) is 0 Å². The Hall–Kier alpha value is -1.40. The molecule has 0 aliphatic carbocycles. The molecule has 106 valence electrons. The first-order valence-corrected chi connectivity index (χ1v) is 6.51. The van der Waals surface area contributed by atoms with Crippen LogP contribution >= 0.6 is 0 Å². The van der Waals surface area contributed by atoms with Gasteiger partial charge in [-0.05, 0) is 28.2 Å². The predicted octanol–water partition coefficient (Wildman–Crippen LogP) is 0.182. The zero-order valence-corrected chi connectivity index (χ0v) is 12.1. The van der Waals surface area contributed by atoms with Crippen LogP contribution in [0.1, 0.15) is 17.0 Å². The van der Waals surface area contributed by atoms with E-state index in [1.807, 2.05) is 38.0 Å². The lowest BCUT2D eigenvalue weighted by atomic mass is 10.1. The van der Waals surface area contributed by atoms with Gasteiger partial charge in [0.05, 0.1) is 13.1 Å². The Morgan fingerprint density at radius 2 is 2.05 bits per heavy atom. The van der Waals surface area contributed by atoms with Gasteiger partial charge >= 0.3 is 0 Å². The Morgan fingerprint density at radius 1 is 1.32 bits per heavy atom. The molecule has 0 spiro atoms. The smallest absolute Gasteiger partial charge is 0.237 e. The number of likely N-dealkylation sites (N-methyl/N-ethyl adjacent to an activating group) is 1. The van der Waals surface area contributed by atoms with Crippen LogP contribution in [0.15, 0.2) is 4.52 Å². The number of hydrogen-bond donors (Lipinski definition) is 0. The summed E-state index contributed by atoms with van der Waals surface area (Å²) in [5.74, 6) is 1.10. The standard InChI is InChI=1S/C13H22N4O2/c1-15(2)8-11-10-7-17(13(18)9-16(3)4)6-5-12(10)19-14-11/h5-9H2,1-4H3. The van der Waals surface area contributed by atoms with Crippen LogP contribution in [0.4, 0.5) is 0 Å². The fraction of sp³-hybridized carbons (Fsp3) is 0.692. The SMILES string of the molecule is CN(C)CC(=O)N1CCc2onc(CN(C)C)c2C1. The van der Waals surface area contributed by atoms with E-state index < -0.39 is 0 Å². The topological polar surface area (TPSA) is 52.8 Å². The lowest BCUT2D eigenvalue weighted by Gasteiger charge is -2.27. The maximum Gasteiger partial charge on any atom is 0.237 e. The number of amides is 1. The molecule has 2 rings (SSSR count). The van der Waals surface area contributed by atoms with Gasteiger partial charge in [-0.15, -0.1) is 0 Å². The molecule has 0 bridgehead atoms. The third-order valence-corrected chi connectivity index (χ3v) is 3.18. The third-order valence-electron chi connectivity index (χ3n) is 3.18. The van der Waals surface area contributed by atoms with Gasteiger partial charge in [0, 0.05) is 25.1 Å². The molecule has 0 radical (unpaired) electrons. The average molecular weight is 266 g/mol. The molecule has 1 aliphatic heterocycles. The van der Waals surface area contributed by atoms with E-state index in [0.717, 1.165) is 36.5 Å². The van der Waals surface area contributed by atoms with Crippen molar-refractivity contribution in [2.45, 2.75) is 19.5 Å². The largest absolute Gasteiger partial charge is 0.361 e. The highest BCUT2D eigenvalue weighted by Crippen LogP contribution is 2.23. The first-order chi connectivity index (χ1) is 8.97. The molecule has 1 aromatic rings. The molecule has 0 saturated heterocycles. The normalized spacial score (nSPS) is 15.2. The molecule has 6 heteroatoms. The summed E-state index contributed by atoms with van der Waals surface area (Å²) in [6.45, 7) is 2.53. The summed E-state index contributed by atoms with van der Waals surface area (Å²) >= 11 is 0. The summed E-state index contributed by atoms with van der Waals surface area (Å²) in [5.41, 5.74) is 2.04. The molecule has 1 aliphatic rings. The number of nitrogens with zero attached hydrogens (tertiary/aromatic N) is 4. The van der Waals surface area contributed by atoms with Gasteiger partial charge in [-0.25, -0.2) is 0 Å². The predicted molar refractivity (Wildman–Crippen MR) is 71.6 cm³/mol. The van der Waals surface area contributed by atoms with Gasteiger partial charge < -0.3 is 19.2 Å². The minimum atomic E-state index is 0.160. The molecule has 1 amide bonds. The highest BCUT2D eigenvalue weighted by Gasteiger charge is 2.26. The third kappa shape index (κ3) is 3.33. The van der Waals surface area contributed by atoms with Crippen LogP contribution in [-0.2, 0) is 24.3 Å². The second-order valence-electron chi connectivity index (χ2n) is 5.57. The summed E-state index contributed by atoms with van der Waals surface area (Å²) in [5, 5.41) is 4.13. The maximum atomic E-state index is 12.1. The van der Waals surface area contributed by atoms with E-state index in [-0.39, 0.29) is 5.91 Å². The molecule has 1 aromatic heterocycles. The summed E-state index contributed by atoms with van der Waals surface area (Å²) in [6, 6.07) is 0. The monoisotopic (exact) mass is 266 g/mol. The molecule has 19 heavy (non-hydrogen) atoms. The van der Waals surface area contributed by atoms with Crippen molar-refractivity contribution in [3.63, 3.8) is 0 Å². The van der Waals surface area contributed by atoms with Crippen LogP contribution in [-0.4, -0.2) is 67.0 Å². The molecular formula is C13H22N4O2. The molecule has 0 aromatic carbocycles. The minimum absolute atomic E-state index is 0.160. The van der Waals surface area contributed by atoms with Crippen LogP contribution < -0.4 is 0 Å². The number of carbonyl (C=O) groups is 1. The van der Waals surface area contributed by atoms with E-state index >= 15 is 0 Å². The molecule has 2 heterocycles. The molecule has 0 unspecified atom stereocenters. The highest BCUT2D eigenvalue weighted by molar-refractivity contribution is 5.78. The lowest BCUT2D eigenvalue weighted by molar-refractivity contribution is -0.132. The van der Waals surface area contributed by atoms with Gasteiger partial charge in [-0.1, -0.05) is 5.16 Å². The van der Waals surface area contributed by atoms with Crippen molar-refractivity contribution >= 4 is 5.91 Å². The average Bonchev–Trinajstić information content (AvgIpc) is 2.70. The van der Waals surface area contributed by atoms with Crippen LogP contribution in [0, 0.1) is 0 Å². The van der Waals surface area contributed by atoms with E-state index in [2.05, 4.69) is 10.1 Å². The van der Waals surface area contributed by atoms with Crippen molar-refractivity contribution in [2.24, 2.45) is 0 Å².